The van der Waals surface area contributed by atoms with Gasteiger partial charge in [0.2, 0.25) is 0 Å². The lowest BCUT2D eigenvalue weighted by molar-refractivity contribution is -0.0696. The Morgan fingerprint density at radius 1 is 1.14 bits per heavy atom. The Kier molecular flexibility index (Phi) is 3.15. The van der Waals surface area contributed by atoms with Crippen molar-refractivity contribution in [2.45, 2.75) is 12.8 Å². The molecule has 14 heavy (non-hydrogen) atoms. The van der Waals surface area contributed by atoms with Crippen molar-refractivity contribution < 1.29 is 18.3 Å². The van der Waals surface area contributed by atoms with Crippen LogP contribution in [0.1, 0.15) is 11.1 Å². The van der Waals surface area contributed by atoms with Crippen molar-refractivity contribution in [2.75, 3.05) is 0 Å². The second-order valence-corrected chi connectivity index (χ2v) is 2.60. The standard InChI is InChI=1S/C10H7F3O/c11-10(12,13)6-5-8-1-3-9(7-14)4-2-8/h1-4,14H,7H2. The number of hydrogen-bond donors (Lipinski definition) is 1. The highest BCUT2D eigenvalue weighted by molar-refractivity contribution is 5.36. The average Bonchev–Trinajstić information content (AvgIpc) is 2.14. The predicted octanol–water partition coefficient (Wildman–Crippen LogP) is 2.09. The van der Waals surface area contributed by atoms with Crippen LogP contribution in [0.5, 0.6) is 0 Å². The van der Waals surface area contributed by atoms with Gasteiger partial charge in [0.25, 0.3) is 0 Å². The fourth-order valence-corrected chi connectivity index (χ4v) is 0.837. The first-order valence-corrected chi connectivity index (χ1v) is 3.81. The molecule has 0 amide bonds. The Morgan fingerprint density at radius 2 is 1.71 bits per heavy atom. The number of rotatable bonds is 1. The monoisotopic (exact) mass is 200 g/mol. The third kappa shape index (κ3) is 3.50. The van der Waals surface area contributed by atoms with Gasteiger partial charge in [-0.15, -0.1) is 0 Å². The third-order valence-corrected chi connectivity index (χ3v) is 1.49. The van der Waals surface area contributed by atoms with Crippen LogP contribution in [0.3, 0.4) is 0 Å². The van der Waals surface area contributed by atoms with E-state index in [1.165, 1.54) is 24.3 Å². The number of hydrogen-bond acceptors (Lipinski definition) is 1. The maximum absolute atomic E-state index is 11.7. The van der Waals surface area contributed by atoms with Crippen LogP contribution in [-0.2, 0) is 6.61 Å². The average molecular weight is 200 g/mol. The van der Waals surface area contributed by atoms with Gasteiger partial charge in [-0.3, -0.25) is 0 Å². The molecule has 1 rings (SSSR count). The first kappa shape index (κ1) is 10.6. The molecule has 0 radical (unpaired) electrons. The topological polar surface area (TPSA) is 20.2 Å². The van der Waals surface area contributed by atoms with Gasteiger partial charge in [-0.2, -0.15) is 13.2 Å². The summed E-state index contributed by atoms with van der Waals surface area (Å²) in [5.74, 6) is 3.14. The molecular weight excluding hydrogens is 193 g/mol. The minimum absolute atomic E-state index is 0.132. The zero-order valence-electron chi connectivity index (χ0n) is 7.10. The van der Waals surface area contributed by atoms with Gasteiger partial charge < -0.3 is 5.11 Å². The van der Waals surface area contributed by atoms with Crippen molar-refractivity contribution in [1.82, 2.24) is 0 Å². The molecule has 0 saturated heterocycles. The molecule has 0 aromatic heterocycles. The molecule has 0 heterocycles. The number of aliphatic hydroxyl groups excluding tert-OH is 1. The van der Waals surface area contributed by atoms with E-state index in [-0.39, 0.29) is 12.2 Å². The maximum atomic E-state index is 11.7. The number of halogens is 3. The van der Waals surface area contributed by atoms with Gasteiger partial charge in [0.05, 0.1) is 6.61 Å². The summed E-state index contributed by atoms with van der Waals surface area (Å²) in [7, 11) is 0. The summed E-state index contributed by atoms with van der Waals surface area (Å²) in [6.45, 7) is -0.132. The fraction of sp³-hybridized carbons (Fsp3) is 0.200. The second-order valence-electron chi connectivity index (χ2n) is 2.60. The summed E-state index contributed by atoms with van der Waals surface area (Å²) in [6.07, 6.45) is -4.46. The highest BCUT2D eigenvalue weighted by Crippen LogP contribution is 2.12. The van der Waals surface area contributed by atoms with Crippen LogP contribution in [0.15, 0.2) is 24.3 Å². The van der Waals surface area contributed by atoms with Gasteiger partial charge >= 0.3 is 6.18 Å². The Balaban J connectivity index is 2.82. The number of benzene rings is 1. The van der Waals surface area contributed by atoms with Crippen molar-refractivity contribution >= 4 is 0 Å². The Labute approximate surface area is 79.2 Å². The van der Waals surface area contributed by atoms with Crippen LogP contribution in [-0.4, -0.2) is 11.3 Å². The second kappa shape index (κ2) is 4.16. The predicted molar refractivity (Wildman–Crippen MR) is 45.3 cm³/mol. The lowest BCUT2D eigenvalue weighted by atomic mass is 10.1. The first-order valence-electron chi connectivity index (χ1n) is 3.81. The van der Waals surface area contributed by atoms with Crippen LogP contribution >= 0.6 is 0 Å². The molecule has 1 aromatic rings. The van der Waals surface area contributed by atoms with E-state index < -0.39 is 6.18 Å². The minimum Gasteiger partial charge on any atom is -0.392 e. The number of aliphatic hydroxyl groups is 1. The molecule has 0 fully saturated rings. The summed E-state index contributed by atoms with van der Waals surface area (Å²) >= 11 is 0. The molecule has 1 aromatic carbocycles. The van der Waals surface area contributed by atoms with Crippen LogP contribution in [0.4, 0.5) is 13.2 Å². The molecular formula is C10H7F3O. The summed E-state index contributed by atoms with van der Waals surface area (Å²) < 4.78 is 35.0. The lowest BCUT2D eigenvalue weighted by Gasteiger charge is -1.95. The first-order chi connectivity index (χ1) is 6.51. The SMILES string of the molecule is OCc1ccc(C#CC(F)(F)F)cc1. The molecule has 1 N–H and O–H groups in total. The lowest BCUT2D eigenvalue weighted by Crippen LogP contribution is -2.01. The Morgan fingerprint density at radius 3 is 2.14 bits per heavy atom. The van der Waals surface area contributed by atoms with Crippen LogP contribution in [0.25, 0.3) is 0 Å². The largest absolute Gasteiger partial charge is 0.458 e. The zero-order valence-corrected chi connectivity index (χ0v) is 7.10. The van der Waals surface area contributed by atoms with E-state index in [0.29, 0.717) is 5.56 Å². The minimum atomic E-state index is -4.46. The molecule has 1 nitrogen and oxygen atoms in total. The Hall–Kier alpha value is -1.47. The quantitative estimate of drug-likeness (QED) is 0.688. The van der Waals surface area contributed by atoms with Crippen LogP contribution in [0, 0.1) is 11.8 Å². The summed E-state index contributed by atoms with van der Waals surface area (Å²) in [4.78, 5) is 0. The molecule has 0 unspecified atom stereocenters. The van der Waals surface area contributed by atoms with Crippen molar-refractivity contribution in [2.24, 2.45) is 0 Å². The van der Waals surface area contributed by atoms with Crippen molar-refractivity contribution in [1.29, 1.82) is 0 Å². The fourth-order valence-electron chi connectivity index (χ4n) is 0.837. The van der Waals surface area contributed by atoms with Crippen LogP contribution < -0.4 is 0 Å². The van der Waals surface area contributed by atoms with E-state index in [2.05, 4.69) is 0 Å². The molecule has 0 aliphatic heterocycles. The van der Waals surface area contributed by atoms with Gasteiger partial charge in [0.15, 0.2) is 0 Å². The highest BCUT2D eigenvalue weighted by atomic mass is 19.4. The highest BCUT2D eigenvalue weighted by Gasteiger charge is 2.22. The molecule has 0 aliphatic rings. The third-order valence-electron chi connectivity index (χ3n) is 1.49. The molecule has 0 aliphatic carbocycles. The normalized spacial score (nSPS) is 10.6. The van der Waals surface area contributed by atoms with E-state index in [1.807, 2.05) is 5.92 Å². The van der Waals surface area contributed by atoms with Crippen molar-refractivity contribution in [3.05, 3.63) is 35.4 Å². The van der Waals surface area contributed by atoms with E-state index >= 15 is 0 Å². The van der Waals surface area contributed by atoms with Crippen molar-refractivity contribution in [3.63, 3.8) is 0 Å². The van der Waals surface area contributed by atoms with Gasteiger partial charge in [0, 0.05) is 11.5 Å². The maximum Gasteiger partial charge on any atom is 0.458 e. The molecule has 0 bridgehead atoms. The van der Waals surface area contributed by atoms with Gasteiger partial charge in [-0.05, 0) is 17.7 Å². The Bertz CT molecular complexity index is 354. The van der Waals surface area contributed by atoms with E-state index in [9.17, 15) is 13.2 Å². The summed E-state index contributed by atoms with van der Waals surface area (Å²) in [5, 5.41) is 8.67. The zero-order chi connectivity index (χ0) is 10.6. The summed E-state index contributed by atoms with van der Waals surface area (Å²) in [6, 6.07) is 5.93. The molecule has 0 saturated carbocycles. The van der Waals surface area contributed by atoms with Gasteiger partial charge in [-0.1, -0.05) is 18.1 Å². The van der Waals surface area contributed by atoms with E-state index in [0.717, 1.165) is 5.92 Å². The van der Waals surface area contributed by atoms with E-state index in [4.69, 9.17) is 5.11 Å². The van der Waals surface area contributed by atoms with E-state index in [1.54, 1.807) is 0 Å². The molecule has 0 atom stereocenters. The van der Waals surface area contributed by atoms with Gasteiger partial charge in [-0.25, -0.2) is 0 Å². The smallest absolute Gasteiger partial charge is 0.392 e. The summed E-state index contributed by atoms with van der Waals surface area (Å²) in [5.41, 5.74) is 0.919. The number of alkyl halides is 3. The molecule has 4 heteroatoms. The van der Waals surface area contributed by atoms with Crippen molar-refractivity contribution in [3.8, 4) is 11.8 Å². The molecule has 0 spiro atoms. The van der Waals surface area contributed by atoms with Gasteiger partial charge in [0.1, 0.15) is 0 Å². The van der Waals surface area contributed by atoms with Crippen LogP contribution in [0.2, 0.25) is 0 Å². The molecule has 74 valence electrons.